The largest absolute Gasteiger partial charge is 0.370 e. The van der Waals surface area contributed by atoms with Crippen LogP contribution < -0.4 is 5.32 Å². The lowest BCUT2D eigenvalue weighted by atomic mass is 10.2. The van der Waals surface area contributed by atoms with Crippen LogP contribution in [0.2, 0.25) is 0 Å². The second-order valence-corrected chi connectivity index (χ2v) is 4.39. The molecule has 2 rings (SSSR count). The van der Waals surface area contributed by atoms with E-state index in [1.807, 2.05) is 32.2 Å². The molecule has 0 unspecified atom stereocenters. The van der Waals surface area contributed by atoms with Crippen molar-refractivity contribution in [1.29, 1.82) is 0 Å². The summed E-state index contributed by atoms with van der Waals surface area (Å²) in [5.74, 6) is 1.68. The highest BCUT2D eigenvalue weighted by molar-refractivity contribution is 5.35. The van der Waals surface area contributed by atoms with E-state index in [1.165, 1.54) is 5.56 Å². The fourth-order valence-electron chi connectivity index (χ4n) is 1.90. The summed E-state index contributed by atoms with van der Waals surface area (Å²) < 4.78 is 0. The average molecular weight is 242 g/mol. The van der Waals surface area contributed by atoms with E-state index in [1.54, 1.807) is 0 Å². The number of nitrogens with zero attached hydrogens (tertiary/aromatic N) is 3. The number of anilines is 1. The van der Waals surface area contributed by atoms with Crippen LogP contribution >= 0.6 is 0 Å². The highest BCUT2D eigenvalue weighted by Gasteiger charge is 2.00. The van der Waals surface area contributed by atoms with Crippen molar-refractivity contribution >= 4 is 5.82 Å². The first kappa shape index (κ1) is 12.5. The van der Waals surface area contributed by atoms with E-state index in [-0.39, 0.29) is 0 Å². The number of hydrogen-bond donors (Lipinski definition) is 1. The van der Waals surface area contributed by atoms with Gasteiger partial charge in [-0.15, -0.1) is 0 Å². The molecule has 0 aliphatic rings. The Morgan fingerprint density at radius 1 is 1.17 bits per heavy atom. The maximum atomic E-state index is 4.37. The van der Waals surface area contributed by atoms with Gasteiger partial charge < -0.3 is 5.32 Å². The molecule has 0 aliphatic carbocycles. The Morgan fingerprint density at radius 3 is 2.72 bits per heavy atom. The second kappa shape index (κ2) is 5.58. The first-order valence-electron chi connectivity index (χ1n) is 6.12. The second-order valence-electron chi connectivity index (χ2n) is 4.39. The number of hydrogen-bond acceptors (Lipinski definition) is 4. The van der Waals surface area contributed by atoms with Gasteiger partial charge >= 0.3 is 0 Å². The molecule has 18 heavy (non-hydrogen) atoms. The Hall–Kier alpha value is -1.97. The van der Waals surface area contributed by atoms with Gasteiger partial charge in [0.1, 0.15) is 11.6 Å². The smallest absolute Gasteiger partial charge is 0.129 e. The van der Waals surface area contributed by atoms with Crippen molar-refractivity contribution < 1.29 is 0 Å². The van der Waals surface area contributed by atoms with Crippen molar-refractivity contribution in [2.24, 2.45) is 0 Å². The zero-order valence-electron chi connectivity index (χ0n) is 11.1. The highest BCUT2D eigenvalue weighted by atomic mass is 15.0. The quantitative estimate of drug-likeness (QED) is 0.894. The lowest BCUT2D eigenvalue weighted by molar-refractivity contribution is 0.925. The molecule has 2 aromatic heterocycles. The van der Waals surface area contributed by atoms with E-state index in [4.69, 9.17) is 0 Å². The van der Waals surface area contributed by atoms with Crippen molar-refractivity contribution in [3.05, 3.63) is 47.2 Å². The average Bonchev–Trinajstić information content (AvgIpc) is 2.30. The number of pyridine rings is 1. The van der Waals surface area contributed by atoms with E-state index in [2.05, 4.69) is 33.3 Å². The zero-order valence-corrected chi connectivity index (χ0v) is 11.1. The Labute approximate surface area is 108 Å². The number of rotatable bonds is 4. The molecule has 0 saturated carbocycles. The van der Waals surface area contributed by atoms with Crippen LogP contribution in [0.4, 0.5) is 5.82 Å². The molecule has 0 aromatic carbocycles. The van der Waals surface area contributed by atoms with Gasteiger partial charge in [0.15, 0.2) is 0 Å². The minimum Gasteiger partial charge on any atom is -0.370 e. The van der Waals surface area contributed by atoms with Crippen LogP contribution in [0.15, 0.2) is 24.4 Å². The summed E-state index contributed by atoms with van der Waals surface area (Å²) in [5.41, 5.74) is 3.35. The van der Waals surface area contributed by atoms with Gasteiger partial charge in [-0.05, 0) is 32.4 Å². The summed E-state index contributed by atoms with van der Waals surface area (Å²) in [6.07, 6.45) is 2.73. The summed E-state index contributed by atoms with van der Waals surface area (Å²) in [6, 6.07) is 6.00. The Kier molecular flexibility index (Phi) is 3.87. The van der Waals surface area contributed by atoms with Crippen LogP contribution in [-0.2, 0) is 6.42 Å². The maximum Gasteiger partial charge on any atom is 0.129 e. The van der Waals surface area contributed by atoms with Gasteiger partial charge in [-0.3, -0.25) is 4.98 Å². The van der Waals surface area contributed by atoms with Gasteiger partial charge in [0.25, 0.3) is 0 Å². The standard InChI is InChI=1S/C14H18N4/c1-10-5-4-7-15-13(10)6-8-16-14-9-11(2)17-12(3)18-14/h4-5,7,9H,6,8H2,1-3H3,(H,16,17,18). The van der Waals surface area contributed by atoms with Crippen LogP contribution in [0.5, 0.6) is 0 Å². The Bertz CT molecular complexity index is 517. The summed E-state index contributed by atoms with van der Waals surface area (Å²) >= 11 is 0. The van der Waals surface area contributed by atoms with Gasteiger partial charge in [-0.2, -0.15) is 0 Å². The first-order valence-corrected chi connectivity index (χ1v) is 6.12. The fraction of sp³-hybridized carbons (Fsp3) is 0.357. The van der Waals surface area contributed by atoms with Crippen LogP contribution in [0.3, 0.4) is 0 Å². The minimum absolute atomic E-state index is 0.798. The van der Waals surface area contributed by atoms with Crippen LogP contribution in [0.1, 0.15) is 22.8 Å². The van der Waals surface area contributed by atoms with E-state index >= 15 is 0 Å². The van der Waals surface area contributed by atoms with Crippen molar-refractivity contribution in [2.45, 2.75) is 27.2 Å². The third-order valence-corrected chi connectivity index (χ3v) is 2.75. The molecule has 4 heteroatoms. The SMILES string of the molecule is Cc1cc(NCCc2ncccc2C)nc(C)n1. The lowest BCUT2D eigenvalue weighted by Gasteiger charge is -2.08. The highest BCUT2D eigenvalue weighted by Crippen LogP contribution is 2.07. The summed E-state index contributed by atoms with van der Waals surface area (Å²) in [4.78, 5) is 13.0. The maximum absolute atomic E-state index is 4.37. The summed E-state index contributed by atoms with van der Waals surface area (Å²) in [7, 11) is 0. The van der Waals surface area contributed by atoms with Gasteiger partial charge in [0.2, 0.25) is 0 Å². The Balaban J connectivity index is 1.94. The first-order chi connectivity index (χ1) is 8.65. The van der Waals surface area contributed by atoms with Crippen molar-refractivity contribution in [1.82, 2.24) is 15.0 Å². The number of aryl methyl sites for hydroxylation is 3. The molecule has 0 saturated heterocycles. The molecular formula is C14H18N4. The van der Waals surface area contributed by atoms with Crippen LogP contribution in [0.25, 0.3) is 0 Å². The third-order valence-electron chi connectivity index (χ3n) is 2.75. The monoisotopic (exact) mass is 242 g/mol. The van der Waals surface area contributed by atoms with E-state index in [0.29, 0.717) is 0 Å². The predicted octanol–water partition coefficient (Wildman–Crippen LogP) is 2.45. The molecular weight excluding hydrogens is 224 g/mol. The van der Waals surface area contributed by atoms with Gasteiger partial charge in [-0.1, -0.05) is 6.07 Å². The predicted molar refractivity (Wildman–Crippen MR) is 72.7 cm³/mol. The van der Waals surface area contributed by atoms with E-state index in [9.17, 15) is 0 Å². The normalized spacial score (nSPS) is 10.4. The molecule has 0 fully saturated rings. The molecule has 1 N–H and O–H groups in total. The molecule has 2 aromatic rings. The van der Waals surface area contributed by atoms with Crippen molar-refractivity contribution in [3.63, 3.8) is 0 Å². The minimum atomic E-state index is 0.798. The lowest BCUT2D eigenvalue weighted by Crippen LogP contribution is -2.09. The molecule has 0 aliphatic heterocycles. The van der Waals surface area contributed by atoms with Crippen LogP contribution in [-0.4, -0.2) is 21.5 Å². The third kappa shape index (κ3) is 3.26. The molecule has 0 amide bonds. The molecule has 4 nitrogen and oxygen atoms in total. The fourth-order valence-corrected chi connectivity index (χ4v) is 1.90. The topological polar surface area (TPSA) is 50.7 Å². The Morgan fingerprint density at radius 2 is 2.00 bits per heavy atom. The molecule has 0 atom stereocenters. The summed E-state index contributed by atoms with van der Waals surface area (Å²) in [5, 5.41) is 3.31. The molecule has 0 radical (unpaired) electrons. The van der Waals surface area contributed by atoms with Gasteiger partial charge in [0.05, 0.1) is 0 Å². The zero-order chi connectivity index (χ0) is 13.0. The molecule has 2 heterocycles. The van der Waals surface area contributed by atoms with Gasteiger partial charge in [0, 0.05) is 36.6 Å². The van der Waals surface area contributed by atoms with Crippen molar-refractivity contribution in [3.8, 4) is 0 Å². The van der Waals surface area contributed by atoms with E-state index < -0.39 is 0 Å². The molecule has 0 spiro atoms. The number of aromatic nitrogens is 3. The van der Waals surface area contributed by atoms with Crippen molar-refractivity contribution in [2.75, 3.05) is 11.9 Å². The molecule has 94 valence electrons. The number of nitrogens with one attached hydrogen (secondary N) is 1. The molecule has 0 bridgehead atoms. The van der Waals surface area contributed by atoms with E-state index in [0.717, 1.165) is 36.0 Å². The summed E-state index contributed by atoms with van der Waals surface area (Å²) in [6.45, 7) is 6.79. The van der Waals surface area contributed by atoms with Gasteiger partial charge in [-0.25, -0.2) is 9.97 Å². The van der Waals surface area contributed by atoms with Crippen LogP contribution in [0, 0.1) is 20.8 Å².